The quantitative estimate of drug-likeness (QED) is 0.703. The molecule has 0 atom stereocenters. The number of carbonyl (C=O) groups is 1. The van der Waals surface area contributed by atoms with Crippen molar-refractivity contribution >= 4 is 5.97 Å². The van der Waals surface area contributed by atoms with Crippen LogP contribution in [0.3, 0.4) is 0 Å². The summed E-state index contributed by atoms with van der Waals surface area (Å²) in [4.78, 5) is 15.3. The Morgan fingerprint density at radius 3 is 2.53 bits per heavy atom. The molecule has 0 saturated carbocycles. The van der Waals surface area contributed by atoms with E-state index in [2.05, 4.69) is 11.8 Å². The summed E-state index contributed by atoms with van der Waals surface area (Å²) in [7, 11) is 0. The first-order chi connectivity index (χ1) is 8.22. The van der Waals surface area contributed by atoms with E-state index in [1.807, 2.05) is 4.90 Å². The number of carboxylic acids is 1. The first-order valence-electron chi connectivity index (χ1n) is 6.89. The average molecular weight is 242 g/mol. The van der Waals surface area contributed by atoms with E-state index in [1.54, 1.807) is 0 Å². The maximum absolute atomic E-state index is 10.7. The normalized spacial score (nSPS) is 17.5. The topological polar surface area (TPSA) is 43.8 Å². The van der Waals surface area contributed by atoms with Crippen LogP contribution in [0.15, 0.2) is 0 Å². The number of hydrogen-bond donors (Lipinski definition) is 1. The maximum atomic E-state index is 10.7. The highest BCUT2D eigenvalue weighted by Gasteiger charge is 2.11. The zero-order valence-electron chi connectivity index (χ0n) is 11.0. The number of aliphatic carboxylic acids is 1. The number of nitrogens with zero attached hydrogens (tertiary/aromatic N) is 2. The largest absolute Gasteiger partial charge is 0.480 e. The third kappa shape index (κ3) is 6.64. The molecule has 0 amide bonds. The van der Waals surface area contributed by atoms with Crippen LogP contribution >= 0.6 is 0 Å². The number of rotatable bonds is 8. The molecule has 0 unspecified atom stereocenters. The van der Waals surface area contributed by atoms with Gasteiger partial charge >= 0.3 is 5.97 Å². The number of likely N-dealkylation sites (tertiary alicyclic amines) is 1. The van der Waals surface area contributed by atoms with E-state index >= 15 is 0 Å². The van der Waals surface area contributed by atoms with E-state index in [4.69, 9.17) is 5.11 Å². The summed E-state index contributed by atoms with van der Waals surface area (Å²) in [6.45, 7) is 7.68. The minimum absolute atomic E-state index is 0.188. The van der Waals surface area contributed by atoms with Gasteiger partial charge < -0.3 is 10.0 Å². The van der Waals surface area contributed by atoms with Gasteiger partial charge in [-0.05, 0) is 58.4 Å². The Bertz CT molecular complexity index is 215. The summed E-state index contributed by atoms with van der Waals surface area (Å²) >= 11 is 0. The minimum atomic E-state index is -0.712. The van der Waals surface area contributed by atoms with Crippen molar-refractivity contribution in [3.63, 3.8) is 0 Å². The highest BCUT2D eigenvalue weighted by molar-refractivity contribution is 5.69. The number of hydrogen-bond acceptors (Lipinski definition) is 3. The van der Waals surface area contributed by atoms with Crippen LogP contribution in [0.5, 0.6) is 0 Å². The van der Waals surface area contributed by atoms with Crippen LogP contribution in [-0.4, -0.2) is 60.1 Å². The molecule has 0 aliphatic carbocycles. The summed E-state index contributed by atoms with van der Waals surface area (Å²) in [6, 6.07) is 0. The van der Waals surface area contributed by atoms with Gasteiger partial charge in [-0.1, -0.05) is 13.3 Å². The van der Waals surface area contributed by atoms with Gasteiger partial charge in [-0.15, -0.1) is 0 Å². The summed E-state index contributed by atoms with van der Waals surface area (Å²) in [5.74, 6) is -0.712. The number of carboxylic acid groups (broad SMARTS) is 1. The molecule has 1 heterocycles. The van der Waals surface area contributed by atoms with Gasteiger partial charge in [-0.3, -0.25) is 9.69 Å². The van der Waals surface area contributed by atoms with E-state index in [0.29, 0.717) is 0 Å². The molecule has 0 spiro atoms. The van der Waals surface area contributed by atoms with E-state index in [-0.39, 0.29) is 6.54 Å². The second kappa shape index (κ2) is 8.48. The summed E-state index contributed by atoms with van der Waals surface area (Å²) in [5.41, 5.74) is 0. The van der Waals surface area contributed by atoms with Crippen molar-refractivity contribution in [3.05, 3.63) is 0 Å². The van der Waals surface area contributed by atoms with Crippen molar-refractivity contribution in [3.8, 4) is 0 Å². The molecule has 1 N–H and O–H groups in total. The minimum Gasteiger partial charge on any atom is -0.480 e. The van der Waals surface area contributed by atoms with E-state index < -0.39 is 5.97 Å². The van der Waals surface area contributed by atoms with Crippen LogP contribution in [0.2, 0.25) is 0 Å². The van der Waals surface area contributed by atoms with E-state index in [9.17, 15) is 4.79 Å². The van der Waals surface area contributed by atoms with Crippen molar-refractivity contribution in [2.75, 3.05) is 39.3 Å². The lowest BCUT2D eigenvalue weighted by molar-refractivity contribution is -0.138. The summed E-state index contributed by atoms with van der Waals surface area (Å²) < 4.78 is 0. The molecule has 0 radical (unpaired) electrons. The smallest absolute Gasteiger partial charge is 0.317 e. The van der Waals surface area contributed by atoms with Crippen LogP contribution in [0, 0.1) is 0 Å². The van der Waals surface area contributed by atoms with Crippen molar-refractivity contribution in [1.82, 2.24) is 9.80 Å². The zero-order chi connectivity index (χ0) is 12.5. The average Bonchev–Trinajstić information content (AvgIpc) is 2.30. The van der Waals surface area contributed by atoms with Crippen LogP contribution < -0.4 is 0 Å². The van der Waals surface area contributed by atoms with Crippen LogP contribution in [0.4, 0.5) is 0 Å². The second-order valence-electron chi connectivity index (χ2n) is 4.93. The molecule has 17 heavy (non-hydrogen) atoms. The van der Waals surface area contributed by atoms with Crippen LogP contribution in [-0.2, 0) is 4.79 Å². The van der Waals surface area contributed by atoms with Crippen molar-refractivity contribution in [1.29, 1.82) is 0 Å². The van der Waals surface area contributed by atoms with Gasteiger partial charge in [0.15, 0.2) is 0 Å². The first kappa shape index (κ1) is 14.5. The zero-order valence-corrected chi connectivity index (χ0v) is 11.0. The molecular formula is C13H26N2O2. The molecular weight excluding hydrogens is 216 g/mol. The number of piperidine rings is 1. The second-order valence-corrected chi connectivity index (χ2v) is 4.93. The Morgan fingerprint density at radius 1 is 1.24 bits per heavy atom. The molecule has 4 heteroatoms. The molecule has 1 aliphatic rings. The van der Waals surface area contributed by atoms with Gasteiger partial charge in [0.1, 0.15) is 0 Å². The predicted molar refractivity (Wildman–Crippen MR) is 69.3 cm³/mol. The molecule has 0 bridgehead atoms. The predicted octanol–water partition coefficient (Wildman–Crippen LogP) is 1.66. The molecule has 0 aromatic carbocycles. The molecule has 1 aliphatic heterocycles. The molecule has 1 saturated heterocycles. The molecule has 4 nitrogen and oxygen atoms in total. The van der Waals surface area contributed by atoms with Gasteiger partial charge in [0, 0.05) is 0 Å². The van der Waals surface area contributed by atoms with Crippen molar-refractivity contribution < 1.29 is 9.90 Å². The fourth-order valence-corrected chi connectivity index (χ4v) is 2.48. The first-order valence-corrected chi connectivity index (χ1v) is 6.89. The SMILES string of the molecule is CCCN(CCCN1CCCCC1)CC(=O)O. The van der Waals surface area contributed by atoms with E-state index in [0.717, 1.165) is 32.5 Å². The molecule has 100 valence electrons. The Balaban J connectivity index is 2.14. The molecule has 0 aromatic rings. The van der Waals surface area contributed by atoms with Gasteiger partial charge in [0.25, 0.3) is 0 Å². The lowest BCUT2D eigenvalue weighted by Gasteiger charge is -2.27. The fourth-order valence-electron chi connectivity index (χ4n) is 2.48. The lowest BCUT2D eigenvalue weighted by Crippen LogP contribution is -2.35. The van der Waals surface area contributed by atoms with Crippen molar-refractivity contribution in [2.24, 2.45) is 0 Å². The Labute approximate surface area is 105 Å². The van der Waals surface area contributed by atoms with E-state index in [1.165, 1.54) is 32.4 Å². The molecule has 1 fully saturated rings. The van der Waals surface area contributed by atoms with Gasteiger partial charge in [0.2, 0.25) is 0 Å². The highest BCUT2D eigenvalue weighted by Crippen LogP contribution is 2.08. The summed E-state index contributed by atoms with van der Waals surface area (Å²) in [5, 5.41) is 8.81. The van der Waals surface area contributed by atoms with Crippen molar-refractivity contribution in [2.45, 2.75) is 39.0 Å². The van der Waals surface area contributed by atoms with Crippen LogP contribution in [0.25, 0.3) is 0 Å². The monoisotopic (exact) mass is 242 g/mol. The highest BCUT2D eigenvalue weighted by atomic mass is 16.4. The molecule has 1 rings (SSSR count). The third-order valence-corrected chi connectivity index (χ3v) is 3.30. The van der Waals surface area contributed by atoms with Gasteiger partial charge in [0.05, 0.1) is 6.54 Å². The third-order valence-electron chi connectivity index (χ3n) is 3.30. The van der Waals surface area contributed by atoms with Gasteiger partial charge in [-0.25, -0.2) is 0 Å². The maximum Gasteiger partial charge on any atom is 0.317 e. The van der Waals surface area contributed by atoms with Crippen LogP contribution in [0.1, 0.15) is 39.0 Å². The summed E-state index contributed by atoms with van der Waals surface area (Å²) in [6.07, 6.45) is 6.14. The van der Waals surface area contributed by atoms with Gasteiger partial charge in [-0.2, -0.15) is 0 Å². The standard InChI is InChI=1S/C13H26N2O2/c1-2-7-15(12-13(16)17)11-6-10-14-8-4-3-5-9-14/h2-12H2,1H3,(H,16,17). The Kier molecular flexibility index (Phi) is 7.21. The fraction of sp³-hybridized carbons (Fsp3) is 0.923. The lowest BCUT2D eigenvalue weighted by atomic mass is 10.1. The Morgan fingerprint density at radius 2 is 1.94 bits per heavy atom. The molecule has 0 aromatic heterocycles. The Hall–Kier alpha value is -0.610.